The van der Waals surface area contributed by atoms with Crippen LogP contribution in [-0.4, -0.2) is 34.5 Å². The summed E-state index contributed by atoms with van der Waals surface area (Å²) in [6.07, 6.45) is 3.29. The van der Waals surface area contributed by atoms with E-state index in [0.717, 1.165) is 24.8 Å². The molecule has 0 saturated heterocycles. The number of aryl methyl sites for hydroxylation is 1. The van der Waals surface area contributed by atoms with Crippen molar-refractivity contribution in [2.75, 3.05) is 6.54 Å². The molecule has 2 rings (SSSR count). The number of nitrogens with zero attached hydrogens (tertiary/aromatic N) is 1. The molecule has 1 amide bonds. The normalized spacial score (nSPS) is 15.5. The summed E-state index contributed by atoms with van der Waals surface area (Å²) in [5.74, 6) is -1.32. The predicted molar refractivity (Wildman–Crippen MR) is 81.1 cm³/mol. The van der Waals surface area contributed by atoms with Crippen LogP contribution in [0.2, 0.25) is 0 Å². The fraction of sp³-hybridized carbons (Fsp3) is 0.529. The molecule has 1 unspecified atom stereocenters. The van der Waals surface area contributed by atoms with Gasteiger partial charge in [0.05, 0.1) is 12.3 Å². The molecule has 1 aliphatic rings. The second-order valence-corrected chi connectivity index (χ2v) is 5.87. The first-order valence-corrected chi connectivity index (χ1v) is 7.61. The van der Waals surface area contributed by atoms with E-state index in [1.165, 1.54) is 5.56 Å². The Labute approximate surface area is 125 Å². The van der Waals surface area contributed by atoms with Crippen LogP contribution >= 0.6 is 0 Å². The zero-order valence-electron chi connectivity index (χ0n) is 12.7. The molecule has 0 aromatic heterocycles. The van der Waals surface area contributed by atoms with Crippen molar-refractivity contribution in [3.63, 3.8) is 0 Å². The molecule has 114 valence electrons. The number of hydrogen-bond acceptors (Lipinski definition) is 2. The van der Waals surface area contributed by atoms with Crippen molar-refractivity contribution in [2.45, 2.75) is 45.6 Å². The van der Waals surface area contributed by atoms with Crippen LogP contribution in [0.3, 0.4) is 0 Å². The maximum absolute atomic E-state index is 12.5. The number of rotatable bonds is 7. The van der Waals surface area contributed by atoms with E-state index in [0.29, 0.717) is 13.0 Å². The minimum atomic E-state index is -0.846. The molecule has 0 spiro atoms. The van der Waals surface area contributed by atoms with Crippen molar-refractivity contribution in [1.29, 1.82) is 0 Å². The molecule has 1 fully saturated rings. The van der Waals surface area contributed by atoms with E-state index in [2.05, 4.69) is 19.1 Å². The molecule has 0 aliphatic heterocycles. The number of aliphatic carboxylic acids is 1. The lowest BCUT2D eigenvalue weighted by molar-refractivity contribution is -0.143. The van der Waals surface area contributed by atoms with Gasteiger partial charge in [-0.05, 0) is 30.4 Å². The first kappa shape index (κ1) is 15.5. The number of carbonyl (C=O) groups is 2. The first-order valence-electron chi connectivity index (χ1n) is 7.61. The number of carboxylic acid groups (broad SMARTS) is 1. The highest BCUT2D eigenvalue weighted by molar-refractivity contribution is 5.80. The van der Waals surface area contributed by atoms with Gasteiger partial charge in [0.2, 0.25) is 5.91 Å². The highest BCUT2D eigenvalue weighted by Gasteiger charge is 2.34. The van der Waals surface area contributed by atoms with Crippen LogP contribution in [0.25, 0.3) is 0 Å². The van der Waals surface area contributed by atoms with Gasteiger partial charge in [-0.15, -0.1) is 0 Å². The number of carboxylic acids is 1. The van der Waals surface area contributed by atoms with Gasteiger partial charge in [0.15, 0.2) is 0 Å². The van der Waals surface area contributed by atoms with Gasteiger partial charge in [-0.3, -0.25) is 9.59 Å². The minimum absolute atomic E-state index is 0.0406. The summed E-state index contributed by atoms with van der Waals surface area (Å²) in [5, 5.41) is 9.03. The SMILES string of the molecule is CCc1cccc(CC(=O)N(CC(C)C(=O)O)C2CC2)c1. The van der Waals surface area contributed by atoms with E-state index in [-0.39, 0.29) is 11.9 Å². The van der Waals surface area contributed by atoms with Gasteiger partial charge in [0, 0.05) is 12.6 Å². The van der Waals surface area contributed by atoms with E-state index in [4.69, 9.17) is 5.11 Å². The Morgan fingerprint density at radius 3 is 2.57 bits per heavy atom. The molecule has 1 aliphatic carbocycles. The third kappa shape index (κ3) is 4.31. The van der Waals surface area contributed by atoms with Crippen LogP contribution < -0.4 is 0 Å². The number of carbonyl (C=O) groups excluding carboxylic acids is 1. The van der Waals surface area contributed by atoms with Gasteiger partial charge in [0.1, 0.15) is 0 Å². The van der Waals surface area contributed by atoms with Gasteiger partial charge in [0.25, 0.3) is 0 Å². The van der Waals surface area contributed by atoms with Crippen molar-refractivity contribution in [1.82, 2.24) is 4.90 Å². The Bertz CT molecular complexity index is 523. The molecular formula is C17H23NO3. The third-order valence-corrected chi connectivity index (χ3v) is 3.96. The Morgan fingerprint density at radius 1 is 1.33 bits per heavy atom. The smallest absolute Gasteiger partial charge is 0.308 e. The van der Waals surface area contributed by atoms with Crippen molar-refractivity contribution >= 4 is 11.9 Å². The fourth-order valence-electron chi connectivity index (χ4n) is 2.45. The zero-order valence-corrected chi connectivity index (χ0v) is 12.7. The second kappa shape index (κ2) is 6.74. The molecule has 1 aromatic rings. The number of benzene rings is 1. The Morgan fingerprint density at radius 2 is 2.00 bits per heavy atom. The maximum Gasteiger partial charge on any atom is 0.308 e. The van der Waals surface area contributed by atoms with Gasteiger partial charge >= 0.3 is 5.97 Å². The van der Waals surface area contributed by atoms with Crippen molar-refractivity contribution < 1.29 is 14.7 Å². The van der Waals surface area contributed by atoms with E-state index >= 15 is 0 Å². The summed E-state index contributed by atoms with van der Waals surface area (Å²) >= 11 is 0. The Kier molecular flexibility index (Phi) is 4.99. The van der Waals surface area contributed by atoms with Crippen LogP contribution in [-0.2, 0) is 22.4 Å². The Hall–Kier alpha value is -1.84. The quantitative estimate of drug-likeness (QED) is 0.839. The van der Waals surface area contributed by atoms with E-state index in [1.54, 1.807) is 11.8 Å². The lowest BCUT2D eigenvalue weighted by Gasteiger charge is -2.24. The molecule has 21 heavy (non-hydrogen) atoms. The minimum Gasteiger partial charge on any atom is -0.481 e. The Balaban J connectivity index is 2.03. The van der Waals surface area contributed by atoms with Crippen LogP contribution in [0, 0.1) is 5.92 Å². The fourth-order valence-corrected chi connectivity index (χ4v) is 2.45. The van der Waals surface area contributed by atoms with Crippen LogP contribution in [0.4, 0.5) is 0 Å². The van der Waals surface area contributed by atoms with Crippen molar-refractivity contribution in [2.24, 2.45) is 5.92 Å². The third-order valence-electron chi connectivity index (χ3n) is 3.96. The molecular weight excluding hydrogens is 266 g/mol. The van der Waals surface area contributed by atoms with Crippen LogP contribution in [0.5, 0.6) is 0 Å². The van der Waals surface area contributed by atoms with E-state index < -0.39 is 11.9 Å². The lowest BCUT2D eigenvalue weighted by Crippen LogP contribution is -2.39. The zero-order chi connectivity index (χ0) is 15.4. The molecule has 0 radical (unpaired) electrons. The highest BCUT2D eigenvalue weighted by atomic mass is 16.4. The molecule has 0 heterocycles. The summed E-state index contributed by atoms with van der Waals surface area (Å²) in [6.45, 7) is 4.06. The largest absolute Gasteiger partial charge is 0.481 e. The molecule has 1 aromatic carbocycles. The topological polar surface area (TPSA) is 57.6 Å². The predicted octanol–water partition coefficient (Wildman–Crippen LogP) is 2.50. The van der Waals surface area contributed by atoms with Crippen LogP contribution in [0.1, 0.15) is 37.8 Å². The number of hydrogen-bond donors (Lipinski definition) is 1. The van der Waals surface area contributed by atoms with Crippen molar-refractivity contribution in [3.8, 4) is 0 Å². The van der Waals surface area contributed by atoms with Gasteiger partial charge in [-0.2, -0.15) is 0 Å². The standard InChI is InChI=1S/C17H23NO3/c1-3-13-5-4-6-14(9-13)10-16(19)18(15-7-8-15)11-12(2)17(20)21/h4-6,9,12,15H,3,7-8,10-11H2,1-2H3,(H,20,21). The maximum atomic E-state index is 12.5. The van der Waals surface area contributed by atoms with Gasteiger partial charge in [-0.1, -0.05) is 38.1 Å². The van der Waals surface area contributed by atoms with Gasteiger partial charge < -0.3 is 10.0 Å². The van der Waals surface area contributed by atoms with Crippen LogP contribution in [0.15, 0.2) is 24.3 Å². The molecule has 1 saturated carbocycles. The van der Waals surface area contributed by atoms with Crippen molar-refractivity contribution in [3.05, 3.63) is 35.4 Å². The van der Waals surface area contributed by atoms with E-state index in [9.17, 15) is 9.59 Å². The average Bonchev–Trinajstić information content (AvgIpc) is 3.28. The molecule has 1 N–H and O–H groups in total. The lowest BCUT2D eigenvalue weighted by atomic mass is 10.1. The van der Waals surface area contributed by atoms with E-state index in [1.807, 2.05) is 12.1 Å². The summed E-state index contributed by atoms with van der Waals surface area (Å²) in [5.41, 5.74) is 2.23. The molecule has 1 atom stereocenters. The second-order valence-electron chi connectivity index (χ2n) is 5.87. The summed E-state index contributed by atoms with van der Waals surface area (Å²) in [6, 6.07) is 8.29. The average molecular weight is 289 g/mol. The summed E-state index contributed by atoms with van der Waals surface area (Å²) < 4.78 is 0. The number of amides is 1. The molecule has 4 nitrogen and oxygen atoms in total. The molecule has 4 heteroatoms. The first-order chi connectivity index (χ1) is 10.0. The summed E-state index contributed by atoms with van der Waals surface area (Å²) in [7, 11) is 0. The monoisotopic (exact) mass is 289 g/mol. The molecule has 0 bridgehead atoms. The van der Waals surface area contributed by atoms with Gasteiger partial charge in [-0.25, -0.2) is 0 Å². The highest BCUT2D eigenvalue weighted by Crippen LogP contribution is 2.28. The summed E-state index contributed by atoms with van der Waals surface area (Å²) in [4.78, 5) is 25.3.